The Balaban J connectivity index is 2.17. The van der Waals surface area contributed by atoms with Crippen molar-refractivity contribution in [3.05, 3.63) is 28.6 Å². The molecular weight excluding hydrogens is 252 g/mol. The topological polar surface area (TPSA) is 109 Å². The fourth-order valence-electron chi connectivity index (χ4n) is 2.28. The molecule has 8 nitrogen and oxygen atoms in total. The molecule has 0 radical (unpaired) electrons. The van der Waals surface area contributed by atoms with E-state index < -0.39 is 11.0 Å². The fourth-order valence-corrected chi connectivity index (χ4v) is 2.28. The number of nitrogens with zero attached hydrogens (tertiary/aromatic N) is 3. The molecule has 102 valence electrons. The number of hydrogen-bond donors (Lipinski definition) is 2. The predicted molar refractivity (Wildman–Crippen MR) is 67.3 cm³/mol. The number of amides is 1. The summed E-state index contributed by atoms with van der Waals surface area (Å²) in [7, 11) is 0. The number of rotatable bonds is 3. The van der Waals surface area contributed by atoms with Crippen molar-refractivity contribution in [2.45, 2.75) is 18.9 Å². The van der Waals surface area contributed by atoms with Gasteiger partial charge in [-0.25, -0.2) is 4.79 Å². The van der Waals surface area contributed by atoms with Gasteiger partial charge in [-0.3, -0.25) is 15.1 Å². The Kier molecular flexibility index (Phi) is 3.79. The monoisotopic (exact) mass is 266 g/mol. The molecule has 2 rings (SSSR count). The summed E-state index contributed by atoms with van der Waals surface area (Å²) in [6, 6.07) is 1.38. The number of carboxylic acid groups (broad SMARTS) is 1. The summed E-state index contributed by atoms with van der Waals surface area (Å²) >= 11 is 0. The van der Waals surface area contributed by atoms with E-state index in [0.717, 1.165) is 12.8 Å². The molecular formula is C11H14N4O4. The Morgan fingerprint density at radius 3 is 3.11 bits per heavy atom. The number of piperidine rings is 1. The highest BCUT2D eigenvalue weighted by molar-refractivity contribution is 5.66. The Morgan fingerprint density at radius 2 is 2.42 bits per heavy atom. The van der Waals surface area contributed by atoms with E-state index in [0.29, 0.717) is 18.8 Å². The van der Waals surface area contributed by atoms with Gasteiger partial charge in [0, 0.05) is 25.3 Å². The first kappa shape index (κ1) is 13.1. The van der Waals surface area contributed by atoms with Crippen molar-refractivity contribution in [3.63, 3.8) is 0 Å². The van der Waals surface area contributed by atoms with Gasteiger partial charge in [0.05, 0.1) is 4.92 Å². The van der Waals surface area contributed by atoms with Gasteiger partial charge in [-0.2, -0.15) is 0 Å². The average molecular weight is 266 g/mol. The van der Waals surface area contributed by atoms with Gasteiger partial charge in [0.15, 0.2) is 0 Å². The third-order valence-corrected chi connectivity index (χ3v) is 3.06. The molecule has 1 fully saturated rings. The lowest BCUT2D eigenvalue weighted by Gasteiger charge is -2.33. The first-order valence-corrected chi connectivity index (χ1v) is 5.90. The average Bonchev–Trinajstić information content (AvgIpc) is 2.38. The van der Waals surface area contributed by atoms with Crippen LogP contribution in [0.3, 0.4) is 0 Å². The number of pyridine rings is 1. The van der Waals surface area contributed by atoms with E-state index in [1.165, 1.54) is 12.4 Å². The van der Waals surface area contributed by atoms with Crippen LogP contribution in [0.25, 0.3) is 0 Å². The van der Waals surface area contributed by atoms with Crippen molar-refractivity contribution >= 4 is 17.5 Å². The van der Waals surface area contributed by atoms with Gasteiger partial charge in [0.25, 0.3) is 0 Å². The number of hydrogen-bond acceptors (Lipinski definition) is 5. The minimum Gasteiger partial charge on any atom is -0.465 e. The summed E-state index contributed by atoms with van der Waals surface area (Å²) in [5.74, 6) is 0. The van der Waals surface area contributed by atoms with Crippen LogP contribution in [0, 0.1) is 10.1 Å². The van der Waals surface area contributed by atoms with Crippen molar-refractivity contribution in [3.8, 4) is 0 Å². The molecule has 0 aromatic carbocycles. The molecule has 1 aliphatic heterocycles. The molecule has 1 aromatic heterocycles. The molecule has 0 aliphatic carbocycles. The van der Waals surface area contributed by atoms with E-state index in [9.17, 15) is 14.9 Å². The molecule has 0 saturated carbocycles. The normalized spacial score (nSPS) is 18.9. The van der Waals surface area contributed by atoms with Crippen LogP contribution in [0.15, 0.2) is 18.5 Å². The largest absolute Gasteiger partial charge is 0.465 e. The van der Waals surface area contributed by atoms with Crippen LogP contribution in [0.1, 0.15) is 12.8 Å². The lowest BCUT2D eigenvalue weighted by Crippen LogP contribution is -2.47. The van der Waals surface area contributed by atoms with E-state index in [1.54, 1.807) is 6.07 Å². The molecule has 0 bridgehead atoms. The highest BCUT2D eigenvalue weighted by Gasteiger charge is 2.26. The van der Waals surface area contributed by atoms with Gasteiger partial charge in [-0.1, -0.05) is 0 Å². The molecule has 0 unspecified atom stereocenters. The summed E-state index contributed by atoms with van der Waals surface area (Å²) in [6.45, 7) is 1.10. The standard InChI is InChI=1S/C11H14N4O4/c16-11(17)13-8-2-1-5-14(7-8)9-3-4-12-6-10(9)15(18)19/h3-4,6,8,13H,1-2,5,7H2,(H,16,17)/t8-/m0/s1. The Morgan fingerprint density at radius 1 is 1.63 bits per heavy atom. The van der Waals surface area contributed by atoms with Crippen LogP contribution in [0.4, 0.5) is 16.2 Å². The zero-order chi connectivity index (χ0) is 13.8. The number of carbonyl (C=O) groups is 1. The minimum absolute atomic E-state index is 0.0570. The summed E-state index contributed by atoms with van der Waals surface area (Å²) in [6.07, 6.45) is 3.16. The molecule has 1 atom stereocenters. The molecule has 0 spiro atoms. The van der Waals surface area contributed by atoms with Crippen molar-refractivity contribution in [2.75, 3.05) is 18.0 Å². The maximum absolute atomic E-state index is 11.0. The minimum atomic E-state index is -1.07. The van der Waals surface area contributed by atoms with Crippen LogP contribution in [0.2, 0.25) is 0 Å². The second kappa shape index (κ2) is 5.51. The molecule has 2 N–H and O–H groups in total. The summed E-state index contributed by atoms with van der Waals surface area (Å²) in [5, 5.41) is 22.1. The van der Waals surface area contributed by atoms with Crippen LogP contribution in [-0.2, 0) is 0 Å². The third-order valence-electron chi connectivity index (χ3n) is 3.06. The fraction of sp³-hybridized carbons (Fsp3) is 0.455. The van der Waals surface area contributed by atoms with Crippen molar-refractivity contribution in [2.24, 2.45) is 0 Å². The van der Waals surface area contributed by atoms with Gasteiger partial charge in [-0.15, -0.1) is 0 Å². The van der Waals surface area contributed by atoms with Gasteiger partial charge >= 0.3 is 11.8 Å². The first-order valence-electron chi connectivity index (χ1n) is 5.90. The molecule has 19 heavy (non-hydrogen) atoms. The Bertz CT molecular complexity index is 493. The number of nitro groups is 1. The van der Waals surface area contributed by atoms with E-state index in [1.807, 2.05) is 4.90 Å². The van der Waals surface area contributed by atoms with E-state index in [2.05, 4.69) is 10.3 Å². The maximum atomic E-state index is 11.0. The quantitative estimate of drug-likeness (QED) is 0.629. The lowest BCUT2D eigenvalue weighted by atomic mass is 10.1. The summed E-state index contributed by atoms with van der Waals surface area (Å²) < 4.78 is 0. The van der Waals surface area contributed by atoms with Crippen LogP contribution >= 0.6 is 0 Å². The Labute approximate surface area is 109 Å². The van der Waals surface area contributed by atoms with Crippen LogP contribution < -0.4 is 10.2 Å². The van der Waals surface area contributed by atoms with Gasteiger partial charge in [0.1, 0.15) is 11.9 Å². The van der Waals surface area contributed by atoms with Crippen molar-refractivity contribution in [1.82, 2.24) is 10.3 Å². The van der Waals surface area contributed by atoms with Gasteiger partial charge < -0.3 is 15.3 Å². The highest BCUT2D eigenvalue weighted by atomic mass is 16.6. The molecule has 1 amide bonds. The second-order valence-electron chi connectivity index (χ2n) is 4.36. The SMILES string of the molecule is O=C(O)N[C@H]1CCCN(c2ccncc2[N+](=O)[O-])C1. The molecule has 1 saturated heterocycles. The van der Waals surface area contributed by atoms with Crippen molar-refractivity contribution < 1.29 is 14.8 Å². The van der Waals surface area contributed by atoms with Crippen LogP contribution in [0.5, 0.6) is 0 Å². The first-order chi connectivity index (χ1) is 9.08. The Hall–Kier alpha value is -2.38. The maximum Gasteiger partial charge on any atom is 0.404 e. The van der Waals surface area contributed by atoms with Gasteiger partial charge in [-0.05, 0) is 18.9 Å². The molecule has 1 aromatic rings. The molecule has 8 heteroatoms. The summed E-state index contributed by atoms with van der Waals surface area (Å²) in [5.41, 5.74) is 0.426. The third kappa shape index (κ3) is 3.09. The van der Waals surface area contributed by atoms with E-state index in [-0.39, 0.29) is 11.7 Å². The zero-order valence-electron chi connectivity index (χ0n) is 10.2. The van der Waals surface area contributed by atoms with Gasteiger partial charge in [0.2, 0.25) is 0 Å². The second-order valence-corrected chi connectivity index (χ2v) is 4.36. The number of aromatic nitrogens is 1. The van der Waals surface area contributed by atoms with Crippen molar-refractivity contribution in [1.29, 1.82) is 0 Å². The van der Waals surface area contributed by atoms with E-state index >= 15 is 0 Å². The number of nitrogens with one attached hydrogen (secondary N) is 1. The predicted octanol–water partition coefficient (Wildman–Crippen LogP) is 1.23. The lowest BCUT2D eigenvalue weighted by molar-refractivity contribution is -0.384. The highest BCUT2D eigenvalue weighted by Crippen LogP contribution is 2.28. The zero-order valence-corrected chi connectivity index (χ0v) is 10.2. The smallest absolute Gasteiger partial charge is 0.404 e. The van der Waals surface area contributed by atoms with E-state index in [4.69, 9.17) is 5.11 Å². The summed E-state index contributed by atoms with van der Waals surface area (Å²) in [4.78, 5) is 26.7. The molecule has 1 aliphatic rings. The van der Waals surface area contributed by atoms with Crippen LogP contribution in [-0.4, -0.2) is 40.2 Å². The number of anilines is 1. The molecule has 2 heterocycles.